The Kier molecular flexibility index (Phi) is 9.34. The zero-order valence-electron chi connectivity index (χ0n) is 21.7. The third kappa shape index (κ3) is 7.08. The molecule has 0 aliphatic heterocycles. The van der Waals surface area contributed by atoms with Crippen LogP contribution in [0.4, 0.5) is 4.39 Å². The van der Waals surface area contributed by atoms with Gasteiger partial charge in [0, 0.05) is 10.9 Å². The first-order valence-corrected chi connectivity index (χ1v) is 13.6. The fourth-order valence-electron chi connectivity index (χ4n) is 4.65. The molecule has 0 nitrogen and oxygen atoms in total. The molecule has 4 aromatic carbocycles. The molecular weight excluding hydrogens is 439 g/mol. The van der Waals surface area contributed by atoms with E-state index in [2.05, 4.69) is 80.3 Å². The molecule has 1 heteroatoms. The van der Waals surface area contributed by atoms with Crippen LogP contribution < -0.4 is 0 Å². The molecule has 0 N–H and O–H groups in total. The molecule has 0 aliphatic rings. The van der Waals surface area contributed by atoms with Gasteiger partial charge < -0.3 is 0 Å². The lowest BCUT2D eigenvalue weighted by Gasteiger charge is -2.07. The predicted octanol–water partition coefficient (Wildman–Crippen LogP) is 9.24. The number of benzene rings is 4. The Hall–Kier alpha value is -3.37. The molecule has 0 radical (unpaired) electrons. The fraction of sp³-hybridized carbons (Fsp3) is 0.314. The van der Waals surface area contributed by atoms with Crippen molar-refractivity contribution in [2.24, 2.45) is 0 Å². The molecule has 0 saturated heterocycles. The highest BCUT2D eigenvalue weighted by Gasteiger charge is 2.07. The topological polar surface area (TPSA) is 0 Å². The van der Waals surface area contributed by atoms with Gasteiger partial charge in [-0.25, -0.2) is 4.39 Å². The maximum absolute atomic E-state index is 15.2. The minimum atomic E-state index is -0.231. The van der Waals surface area contributed by atoms with E-state index in [1.54, 1.807) is 0 Å². The van der Waals surface area contributed by atoms with Gasteiger partial charge in [-0.3, -0.25) is 0 Å². The molecule has 184 valence electrons. The molecule has 0 unspecified atom stereocenters. The van der Waals surface area contributed by atoms with Gasteiger partial charge in [-0.1, -0.05) is 112 Å². The summed E-state index contributed by atoms with van der Waals surface area (Å²) in [5.74, 6) is 5.97. The number of fused-ring (bicyclic) bond motifs is 1. The van der Waals surface area contributed by atoms with Gasteiger partial charge in [-0.05, 0) is 77.9 Å². The minimum Gasteiger partial charge on any atom is -0.205 e. The first-order chi connectivity index (χ1) is 17.7. The summed E-state index contributed by atoms with van der Waals surface area (Å²) in [5.41, 5.74) is 6.65. The van der Waals surface area contributed by atoms with Gasteiger partial charge in [0.2, 0.25) is 0 Å². The number of rotatable bonds is 10. The Morgan fingerprint density at radius 1 is 0.583 bits per heavy atom. The molecule has 0 spiro atoms. The first-order valence-electron chi connectivity index (χ1n) is 13.6. The number of aryl methyl sites for hydroxylation is 4. The van der Waals surface area contributed by atoms with Crippen molar-refractivity contribution in [1.29, 1.82) is 0 Å². The summed E-state index contributed by atoms with van der Waals surface area (Å²) >= 11 is 0. The van der Waals surface area contributed by atoms with E-state index in [0.717, 1.165) is 36.6 Å². The summed E-state index contributed by atoms with van der Waals surface area (Å²) in [4.78, 5) is 0. The van der Waals surface area contributed by atoms with Crippen molar-refractivity contribution in [2.75, 3.05) is 0 Å². The molecule has 36 heavy (non-hydrogen) atoms. The lowest BCUT2D eigenvalue weighted by molar-refractivity contribution is 0.632. The number of hydrogen-bond acceptors (Lipinski definition) is 0. The molecule has 0 aliphatic carbocycles. The van der Waals surface area contributed by atoms with Crippen molar-refractivity contribution in [3.63, 3.8) is 0 Å². The monoisotopic (exact) mass is 476 g/mol. The van der Waals surface area contributed by atoms with E-state index >= 15 is 4.39 Å². The molecular formula is C35H37F. The van der Waals surface area contributed by atoms with E-state index in [4.69, 9.17) is 0 Å². The lowest BCUT2D eigenvalue weighted by atomic mass is 9.99. The third-order valence-corrected chi connectivity index (χ3v) is 7.02. The van der Waals surface area contributed by atoms with Gasteiger partial charge in [-0.2, -0.15) is 0 Å². The average molecular weight is 477 g/mol. The highest BCUT2D eigenvalue weighted by Crippen LogP contribution is 2.23. The average Bonchev–Trinajstić information content (AvgIpc) is 2.92. The van der Waals surface area contributed by atoms with Crippen LogP contribution in [0.5, 0.6) is 0 Å². The summed E-state index contributed by atoms with van der Waals surface area (Å²) < 4.78 is 15.2. The van der Waals surface area contributed by atoms with E-state index in [9.17, 15) is 0 Å². The maximum atomic E-state index is 15.2. The fourth-order valence-corrected chi connectivity index (χ4v) is 4.65. The molecule has 0 heterocycles. The second kappa shape index (κ2) is 13.1. The van der Waals surface area contributed by atoms with Crippen LogP contribution in [-0.2, 0) is 25.7 Å². The van der Waals surface area contributed by atoms with E-state index in [0.29, 0.717) is 10.9 Å². The van der Waals surface area contributed by atoms with Gasteiger partial charge >= 0.3 is 0 Å². The van der Waals surface area contributed by atoms with Gasteiger partial charge in [0.05, 0.1) is 5.56 Å². The van der Waals surface area contributed by atoms with Crippen molar-refractivity contribution in [3.05, 3.63) is 118 Å². The molecule has 0 saturated carbocycles. The Bertz CT molecular complexity index is 1320. The number of unbranched alkanes of at least 4 members (excludes halogenated alkanes) is 4. The molecule has 0 bridgehead atoms. The second-order valence-corrected chi connectivity index (χ2v) is 9.76. The van der Waals surface area contributed by atoms with E-state index in [1.807, 2.05) is 24.3 Å². The van der Waals surface area contributed by atoms with E-state index in [1.165, 1.54) is 54.4 Å². The Morgan fingerprint density at radius 2 is 1.22 bits per heavy atom. The summed E-state index contributed by atoms with van der Waals surface area (Å²) in [6.07, 6.45) is 10.6. The van der Waals surface area contributed by atoms with Crippen molar-refractivity contribution in [3.8, 4) is 11.8 Å². The molecule has 4 rings (SSSR count). The molecule has 0 aromatic heterocycles. The Morgan fingerprint density at radius 3 is 1.97 bits per heavy atom. The van der Waals surface area contributed by atoms with Crippen LogP contribution in [0.2, 0.25) is 0 Å². The number of hydrogen-bond donors (Lipinski definition) is 0. The standard InChI is InChI=1S/C35H37F/c1-3-5-6-7-8-9-28-14-16-30(17-15-28)20-22-32-23-24-33-26-31(21-25-34(33)35(32)36)19-18-29-12-10-27(4-2)11-13-29/h10-17,21,23-26H,3-9,18-19H2,1-2H3. The highest BCUT2D eigenvalue weighted by atomic mass is 19.1. The van der Waals surface area contributed by atoms with E-state index in [-0.39, 0.29) is 5.82 Å². The largest absolute Gasteiger partial charge is 0.205 e. The summed E-state index contributed by atoms with van der Waals surface area (Å²) in [6, 6.07) is 27.1. The van der Waals surface area contributed by atoms with Gasteiger partial charge in [0.15, 0.2) is 0 Å². The van der Waals surface area contributed by atoms with Gasteiger partial charge in [0.25, 0.3) is 0 Å². The predicted molar refractivity (Wildman–Crippen MR) is 152 cm³/mol. The van der Waals surface area contributed by atoms with Crippen LogP contribution in [0.3, 0.4) is 0 Å². The number of halogens is 1. The van der Waals surface area contributed by atoms with Crippen molar-refractivity contribution >= 4 is 10.8 Å². The molecule has 0 fully saturated rings. The van der Waals surface area contributed by atoms with Gasteiger partial charge in [-0.15, -0.1) is 0 Å². The maximum Gasteiger partial charge on any atom is 0.146 e. The van der Waals surface area contributed by atoms with Crippen molar-refractivity contribution in [2.45, 2.75) is 71.6 Å². The molecule has 0 atom stereocenters. The normalized spacial score (nSPS) is 10.9. The van der Waals surface area contributed by atoms with Crippen LogP contribution in [0.1, 0.15) is 79.3 Å². The first kappa shape index (κ1) is 25.7. The second-order valence-electron chi connectivity index (χ2n) is 9.76. The van der Waals surface area contributed by atoms with Crippen molar-refractivity contribution in [1.82, 2.24) is 0 Å². The summed E-state index contributed by atoms with van der Waals surface area (Å²) in [7, 11) is 0. The lowest BCUT2D eigenvalue weighted by Crippen LogP contribution is -1.93. The highest BCUT2D eigenvalue weighted by molar-refractivity contribution is 5.85. The van der Waals surface area contributed by atoms with Crippen LogP contribution in [0, 0.1) is 17.7 Å². The zero-order valence-corrected chi connectivity index (χ0v) is 21.7. The third-order valence-electron chi connectivity index (χ3n) is 7.02. The summed E-state index contributed by atoms with van der Waals surface area (Å²) in [6.45, 7) is 4.42. The Labute approximate surface area is 216 Å². The molecule has 0 amide bonds. The van der Waals surface area contributed by atoms with Gasteiger partial charge in [0.1, 0.15) is 5.82 Å². The molecule has 4 aromatic rings. The SMILES string of the molecule is CCCCCCCc1ccc(C#Cc2ccc3cc(CCc4ccc(CC)cc4)ccc3c2F)cc1. The summed E-state index contributed by atoms with van der Waals surface area (Å²) in [5, 5.41) is 1.57. The van der Waals surface area contributed by atoms with Crippen molar-refractivity contribution < 1.29 is 4.39 Å². The van der Waals surface area contributed by atoms with E-state index < -0.39 is 0 Å². The Balaban J connectivity index is 1.39. The quantitative estimate of drug-likeness (QED) is 0.158. The van der Waals surface area contributed by atoms with Crippen LogP contribution >= 0.6 is 0 Å². The van der Waals surface area contributed by atoms with Crippen LogP contribution in [0.25, 0.3) is 10.8 Å². The van der Waals surface area contributed by atoms with Crippen LogP contribution in [0.15, 0.2) is 78.9 Å². The van der Waals surface area contributed by atoms with Crippen LogP contribution in [-0.4, -0.2) is 0 Å². The zero-order chi connectivity index (χ0) is 25.2. The smallest absolute Gasteiger partial charge is 0.146 e. The minimum absolute atomic E-state index is 0.231.